The SMILES string of the molecule is NC(=O)c1ccc2c(c1)OC(c1ccn(Cc3ccncc3)n1)O2. The minimum absolute atomic E-state index is 0.376. The van der Waals surface area contributed by atoms with Gasteiger partial charge in [-0.25, -0.2) is 0 Å². The zero-order chi connectivity index (χ0) is 16.5. The lowest BCUT2D eigenvalue weighted by Gasteiger charge is -2.07. The lowest BCUT2D eigenvalue weighted by atomic mass is 10.2. The zero-order valence-electron chi connectivity index (χ0n) is 12.6. The Morgan fingerprint density at radius 1 is 1.12 bits per heavy atom. The van der Waals surface area contributed by atoms with E-state index in [-0.39, 0.29) is 0 Å². The highest BCUT2D eigenvalue weighted by Crippen LogP contribution is 2.40. The van der Waals surface area contributed by atoms with Crippen molar-refractivity contribution < 1.29 is 14.3 Å². The van der Waals surface area contributed by atoms with E-state index in [1.165, 1.54) is 0 Å². The number of aromatic nitrogens is 3. The van der Waals surface area contributed by atoms with Crippen LogP contribution in [0.5, 0.6) is 11.5 Å². The summed E-state index contributed by atoms with van der Waals surface area (Å²) in [5, 5.41) is 4.48. The number of nitrogens with two attached hydrogens (primary N) is 1. The van der Waals surface area contributed by atoms with Crippen LogP contribution in [0.1, 0.15) is 27.9 Å². The molecule has 7 heteroatoms. The average molecular weight is 322 g/mol. The van der Waals surface area contributed by atoms with Crippen LogP contribution in [0.2, 0.25) is 0 Å². The van der Waals surface area contributed by atoms with E-state index in [0.29, 0.717) is 29.3 Å². The van der Waals surface area contributed by atoms with Crippen molar-refractivity contribution in [2.75, 3.05) is 0 Å². The smallest absolute Gasteiger partial charge is 0.286 e. The molecule has 3 heterocycles. The van der Waals surface area contributed by atoms with Crippen LogP contribution in [0.15, 0.2) is 55.0 Å². The third-order valence-corrected chi connectivity index (χ3v) is 3.69. The van der Waals surface area contributed by atoms with Crippen molar-refractivity contribution in [3.8, 4) is 11.5 Å². The minimum Gasteiger partial charge on any atom is -0.445 e. The highest BCUT2D eigenvalue weighted by atomic mass is 16.7. The molecule has 0 saturated heterocycles. The number of hydrogen-bond acceptors (Lipinski definition) is 5. The quantitative estimate of drug-likeness (QED) is 0.792. The first-order valence-corrected chi connectivity index (χ1v) is 7.38. The topological polar surface area (TPSA) is 92.3 Å². The Morgan fingerprint density at radius 3 is 2.71 bits per heavy atom. The molecule has 7 nitrogen and oxygen atoms in total. The van der Waals surface area contributed by atoms with Crippen LogP contribution in [0.25, 0.3) is 0 Å². The number of hydrogen-bond donors (Lipinski definition) is 1. The van der Waals surface area contributed by atoms with Gasteiger partial charge in [0, 0.05) is 24.2 Å². The molecule has 1 unspecified atom stereocenters. The van der Waals surface area contributed by atoms with Crippen molar-refractivity contribution >= 4 is 5.91 Å². The Balaban J connectivity index is 1.51. The van der Waals surface area contributed by atoms with Gasteiger partial charge in [-0.1, -0.05) is 0 Å². The molecule has 1 amide bonds. The molecule has 24 heavy (non-hydrogen) atoms. The maximum atomic E-state index is 11.2. The lowest BCUT2D eigenvalue weighted by Crippen LogP contribution is -2.11. The van der Waals surface area contributed by atoms with Crippen LogP contribution < -0.4 is 15.2 Å². The fraction of sp³-hybridized carbons (Fsp3) is 0.118. The molecule has 1 aliphatic rings. The van der Waals surface area contributed by atoms with Crippen LogP contribution in [-0.4, -0.2) is 20.7 Å². The summed E-state index contributed by atoms with van der Waals surface area (Å²) in [6.07, 6.45) is 4.72. The lowest BCUT2D eigenvalue weighted by molar-refractivity contribution is 0.0441. The zero-order valence-corrected chi connectivity index (χ0v) is 12.6. The van der Waals surface area contributed by atoms with Gasteiger partial charge >= 0.3 is 0 Å². The van der Waals surface area contributed by atoms with Crippen molar-refractivity contribution in [3.63, 3.8) is 0 Å². The van der Waals surface area contributed by atoms with E-state index in [0.717, 1.165) is 5.56 Å². The summed E-state index contributed by atoms with van der Waals surface area (Å²) in [6, 6.07) is 10.6. The molecule has 0 spiro atoms. The van der Waals surface area contributed by atoms with Gasteiger partial charge in [-0.05, 0) is 42.0 Å². The first-order valence-electron chi connectivity index (χ1n) is 7.38. The van der Waals surface area contributed by atoms with E-state index in [1.807, 2.05) is 24.4 Å². The number of carbonyl (C=O) groups excluding carboxylic acids is 1. The van der Waals surface area contributed by atoms with Gasteiger partial charge < -0.3 is 15.2 Å². The summed E-state index contributed by atoms with van der Waals surface area (Å²) in [7, 11) is 0. The third-order valence-electron chi connectivity index (χ3n) is 3.69. The second-order valence-electron chi connectivity index (χ2n) is 5.39. The fourth-order valence-electron chi connectivity index (χ4n) is 2.49. The van der Waals surface area contributed by atoms with Crippen molar-refractivity contribution in [2.24, 2.45) is 5.73 Å². The van der Waals surface area contributed by atoms with Crippen molar-refractivity contribution in [3.05, 3.63) is 71.8 Å². The van der Waals surface area contributed by atoms with Gasteiger partial charge in [0.1, 0.15) is 5.69 Å². The number of carbonyl (C=O) groups is 1. The number of ether oxygens (including phenoxy) is 2. The third kappa shape index (κ3) is 2.67. The van der Waals surface area contributed by atoms with E-state index in [1.54, 1.807) is 35.3 Å². The molecule has 3 aromatic rings. The van der Waals surface area contributed by atoms with Gasteiger partial charge in [0.25, 0.3) is 6.29 Å². The number of pyridine rings is 1. The molecule has 4 rings (SSSR count). The molecule has 1 aliphatic heterocycles. The summed E-state index contributed by atoms with van der Waals surface area (Å²) in [5.41, 5.74) is 7.40. The van der Waals surface area contributed by atoms with E-state index < -0.39 is 12.2 Å². The monoisotopic (exact) mass is 322 g/mol. The van der Waals surface area contributed by atoms with E-state index in [9.17, 15) is 4.79 Å². The normalized spacial score (nSPS) is 15.4. The van der Waals surface area contributed by atoms with Gasteiger partial charge in [0.2, 0.25) is 5.91 Å². The van der Waals surface area contributed by atoms with Crippen LogP contribution in [0.3, 0.4) is 0 Å². The second kappa shape index (κ2) is 5.69. The highest BCUT2D eigenvalue weighted by molar-refractivity contribution is 5.93. The van der Waals surface area contributed by atoms with Crippen molar-refractivity contribution in [1.82, 2.24) is 14.8 Å². The van der Waals surface area contributed by atoms with Gasteiger partial charge in [0.15, 0.2) is 11.5 Å². The molecule has 1 aromatic carbocycles. The Kier molecular flexibility index (Phi) is 3.38. The van der Waals surface area contributed by atoms with Crippen molar-refractivity contribution in [2.45, 2.75) is 12.8 Å². The molecule has 0 radical (unpaired) electrons. The molecule has 2 aromatic heterocycles. The van der Waals surface area contributed by atoms with E-state index in [2.05, 4.69) is 10.1 Å². The van der Waals surface area contributed by atoms with E-state index in [4.69, 9.17) is 15.2 Å². The first-order chi connectivity index (χ1) is 11.7. The molecule has 0 saturated carbocycles. The van der Waals surface area contributed by atoms with Crippen LogP contribution in [0, 0.1) is 0 Å². The minimum atomic E-state index is -0.637. The van der Waals surface area contributed by atoms with E-state index >= 15 is 0 Å². The maximum Gasteiger partial charge on any atom is 0.286 e. The van der Waals surface area contributed by atoms with Gasteiger partial charge in [-0.15, -0.1) is 0 Å². The van der Waals surface area contributed by atoms with Gasteiger partial charge in [-0.3, -0.25) is 14.5 Å². The predicted molar refractivity (Wildman–Crippen MR) is 84.5 cm³/mol. The summed E-state index contributed by atoms with van der Waals surface area (Å²) >= 11 is 0. The Labute approximate surface area is 137 Å². The number of rotatable bonds is 4. The summed E-state index contributed by atoms with van der Waals surface area (Å²) < 4.78 is 13.3. The maximum absolute atomic E-state index is 11.2. The van der Waals surface area contributed by atoms with Crippen molar-refractivity contribution in [1.29, 1.82) is 0 Å². The van der Waals surface area contributed by atoms with Gasteiger partial charge in [-0.2, -0.15) is 5.10 Å². The number of fused-ring (bicyclic) bond motifs is 1. The molecule has 1 atom stereocenters. The number of nitrogens with zero attached hydrogens (tertiary/aromatic N) is 3. The predicted octanol–water partition coefficient (Wildman–Crippen LogP) is 1.90. The molecule has 0 aliphatic carbocycles. The average Bonchev–Trinajstić information content (AvgIpc) is 3.21. The summed E-state index contributed by atoms with van der Waals surface area (Å²) in [4.78, 5) is 15.2. The van der Waals surface area contributed by atoms with Crippen LogP contribution >= 0.6 is 0 Å². The highest BCUT2D eigenvalue weighted by Gasteiger charge is 2.28. The standard InChI is InChI=1S/C17H14N4O3/c18-16(22)12-1-2-14-15(9-12)24-17(23-14)13-5-8-21(20-13)10-11-3-6-19-7-4-11/h1-9,17H,10H2,(H2,18,22). The molecule has 0 fully saturated rings. The Morgan fingerprint density at radius 2 is 1.92 bits per heavy atom. The molecule has 120 valence electrons. The second-order valence-corrected chi connectivity index (χ2v) is 5.39. The Hall–Kier alpha value is -3.35. The Bertz CT molecular complexity index is 892. The summed E-state index contributed by atoms with van der Waals surface area (Å²) in [6.45, 7) is 0.633. The number of benzene rings is 1. The summed E-state index contributed by atoms with van der Waals surface area (Å²) in [5.74, 6) is 0.542. The van der Waals surface area contributed by atoms with Gasteiger partial charge in [0.05, 0.1) is 6.54 Å². The van der Waals surface area contributed by atoms with Crippen LogP contribution in [-0.2, 0) is 6.54 Å². The number of primary amides is 1. The largest absolute Gasteiger partial charge is 0.445 e. The fourth-order valence-corrected chi connectivity index (χ4v) is 2.49. The molecule has 0 bridgehead atoms. The molecular weight excluding hydrogens is 308 g/mol. The molecule has 2 N–H and O–H groups in total. The molecular formula is C17H14N4O3. The van der Waals surface area contributed by atoms with Crippen LogP contribution in [0.4, 0.5) is 0 Å². The first kappa shape index (κ1) is 14.3. The number of amides is 1.